The van der Waals surface area contributed by atoms with Crippen LogP contribution < -0.4 is 20.7 Å². The number of morpholine rings is 1. The van der Waals surface area contributed by atoms with Gasteiger partial charge >= 0.3 is 0 Å². The lowest BCUT2D eigenvalue weighted by Crippen LogP contribution is -2.44. The molecule has 226 valence electrons. The van der Waals surface area contributed by atoms with E-state index in [1.807, 2.05) is 36.4 Å². The fourth-order valence-electron chi connectivity index (χ4n) is 6.16. The van der Waals surface area contributed by atoms with Crippen molar-refractivity contribution in [3.05, 3.63) is 78.4 Å². The number of nitrogens with two attached hydrogens (primary N) is 1. The second kappa shape index (κ2) is 13.6. The number of carbonyl (C=O) groups is 2. The van der Waals surface area contributed by atoms with Gasteiger partial charge < -0.3 is 30.3 Å². The van der Waals surface area contributed by atoms with Gasteiger partial charge in [0.15, 0.2) is 6.61 Å². The maximum Gasteiger partial charge on any atom is 0.262 e. The van der Waals surface area contributed by atoms with E-state index in [0.29, 0.717) is 31.4 Å². The Labute approximate surface area is 254 Å². The van der Waals surface area contributed by atoms with Gasteiger partial charge in [-0.25, -0.2) is 0 Å². The standard InChI is InChI=1S/C35H42N4O4/c36-29-12-14-30(15-13-29)39(35(41)26-9-10-26)23-25-5-4-6-27(21-25)28-11-16-33(38-17-19-42-20-18-38)32(22-28)37-34(40)24-43-31-7-2-1-3-8-31/h1-8,11,16,21-22,26,29-30H,9-10,12-15,17-20,23-24,36H2,(H,37,40). The van der Waals surface area contributed by atoms with Crippen molar-refractivity contribution in [3.8, 4) is 16.9 Å². The summed E-state index contributed by atoms with van der Waals surface area (Å²) in [6.07, 6.45) is 5.89. The minimum absolute atomic E-state index is 0.0802. The number of hydrogen-bond donors (Lipinski definition) is 2. The molecule has 0 unspecified atom stereocenters. The van der Waals surface area contributed by atoms with Gasteiger partial charge in [-0.2, -0.15) is 0 Å². The van der Waals surface area contributed by atoms with Crippen molar-refractivity contribution in [3.63, 3.8) is 0 Å². The first kappa shape index (κ1) is 29.2. The lowest BCUT2D eigenvalue weighted by atomic mass is 9.90. The zero-order valence-electron chi connectivity index (χ0n) is 24.8. The molecule has 8 nitrogen and oxygen atoms in total. The first-order valence-electron chi connectivity index (χ1n) is 15.6. The number of carbonyl (C=O) groups excluding carboxylic acids is 2. The molecule has 8 heteroatoms. The summed E-state index contributed by atoms with van der Waals surface area (Å²) in [4.78, 5) is 30.7. The Kier molecular flexibility index (Phi) is 9.24. The Morgan fingerprint density at radius 1 is 0.884 bits per heavy atom. The van der Waals surface area contributed by atoms with Gasteiger partial charge in [-0.1, -0.05) is 42.5 Å². The third kappa shape index (κ3) is 7.56. The summed E-state index contributed by atoms with van der Waals surface area (Å²) in [5.41, 5.74) is 11.1. The van der Waals surface area contributed by atoms with Crippen molar-refractivity contribution < 1.29 is 19.1 Å². The van der Waals surface area contributed by atoms with Crippen molar-refractivity contribution >= 4 is 23.2 Å². The van der Waals surface area contributed by atoms with Gasteiger partial charge in [-0.3, -0.25) is 9.59 Å². The highest BCUT2D eigenvalue weighted by Crippen LogP contribution is 2.36. The molecule has 1 saturated heterocycles. The minimum Gasteiger partial charge on any atom is -0.484 e. The molecule has 3 fully saturated rings. The first-order valence-corrected chi connectivity index (χ1v) is 15.6. The molecule has 0 spiro atoms. The highest BCUT2D eigenvalue weighted by Gasteiger charge is 2.37. The lowest BCUT2D eigenvalue weighted by molar-refractivity contribution is -0.136. The van der Waals surface area contributed by atoms with E-state index in [1.54, 1.807) is 0 Å². The molecular weight excluding hydrogens is 540 g/mol. The number of para-hydroxylation sites is 1. The van der Waals surface area contributed by atoms with Crippen LogP contribution in [0.3, 0.4) is 0 Å². The van der Waals surface area contributed by atoms with E-state index in [-0.39, 0.29) is 30.5 Å². The maximum absolute atomic E-state index is 13.4. The molecular formula is C35H42N4O4. The maximum atomic E-state index is 13.4. The van der Waals surface area contributed by atoms with Crippen LogP contribution in [0, 0.1) is 5.92 Å². The van der Waals surface area contributed by atoms with Gasteiger partial charge in [0, 0.05) is 37.6 Å². The van der Waals surface area contributed by atoms with Crippen LogP contribution in [-0.2, 0) is 20.9 Å². The third-order valence-electron chi connectivity index (χ3n) is 8.74. The SMILES string of the molecule is NC1CCC(N(Cc2cccc(-c3ccc(N4CCOCC4)c(NC(=O)COc4ccccc4)c3)c2)C(=O)C2CC2)CC1. The highest BCUT2D eigenvalue weighted by atomic mass is 16.5. The normalized spacial score (nSPS) is 20.3. The predicted molar refractivity (Wildman–Crippen MR) is 169 cm³/mol. The van der Waals surface area contributed by atoms with Gasteiger partial charge in [0.2, 0.25) is 5.91 Å². The van der Waals surface area contributed by atoms with E-state index < -0.39 is 0 Å². The van der Waals surface area contributed by atoms with E-state index in [0.717, 1.165) is 79.7 Å². The molecule has 1 aliphatic heterocycles. The van der Waals surface area contributed by atoms with Crippen LogP contribution in [0.2, 0.25) is 0 Å². The van der Waals surface area contributed by atoms with Crippen LogP contribution >= 0.6 is 0 Å². The van der Waals surface area contributed by atoms with Crippen LogP contribution in [0.15, 0.2) is 72.8 Å². The second-order valence-electron chi connectivity index (χ2n) is 12.0. The number of amides is 2. The van der Waals surface area contributed by atoms with Crippen LogP contribution in [0.4, 0.5) is 11.4 Å². The molecule has 2 aliphatic carbocycles. The number of rotatable bonds is 10. The van der Waals surface area contributed by atoms with Crippen LogP contribution in [0.25, 0.3) is 11.1 Å². The topological polar surface area (TPSA) is 97.1 Å². The summed E-state index contributed by atoms with van der Waals surface area (Å²) in [6.45, 7) is 3.34. The fraction of sp³-hybridized carbons (Fsp3) is 0.429. The Balaban J connectivity index is 1.22. The Hall–Kier alpha value is -3.88. The molecule has 3 N–H and O–H groups in total. The molecule has 6 rings (SSSR count). The highest BCUT2D eigenvalue weighted by molar-refractivity contribution is 5.96. The molecule has 3 aromatic rings. The molecule has 0 aromatic heterocycles. The molecule has 3 aromatic carbocycles. The quantitative estimate of drug-likeness (QED) is 0.341. The number of hydrogen-bond acceptors (Lipinski definition) is 6. The second-order valence-corrected chi connectivity index (χ2v) is 12.0. The number of benzene rings is 3. The number of nitrogens with one attached hydrogen (secondary N) is 1. The summed E-state index contributed by atoms with van der Waals surface area (Å²) in [7, 11) is 0. The van der Waals surface area contributed by atoms with E-state index in [4.69, 9.17) is 15.2 Å². The Morgan fingerprint density at radius 2 is 1.63 bits per heavy atom. The predicted octanol–water partition coefficient (Wildman–Crippen LogP) is 5.22. The largest absolute Gasteiger partial charge is 0.484 e. The lowest BCUT2D eigenvalue weighted by Gasteiger charge is -2.36. The average molecular weight is 583 g/mol. The molecule has 1 heterocycles. The zero-order chi connectivity index (χ0) is 29.6. The molecule has 0 radical (unpaired) electrons. The van der Waals surface area contributed by atoms with E-state index >= 15 is 0 Å². The van der Waals surface area contributed by atoms with Crippen molar-refractivity contribution in [1.82, 2.24) is 4.90 Å². The monoisotopic (exact) mass is 582 g/mol. The molecule has 2 amide bonds. The number of anilines is 2. The minimum atomic E-state index is -0.217. The smallest absolute Gasteiger partial charge is 0.262 e. The van der Waals surface area contributed by atoms with Gasteiger partial charge in [0.25, 0.3) is 5.91 Å². The van der Waals surface area contributed by atoms with Gasteiger partial charge in [0.1, 0.15) is 5.75 Å². The van der Waals surface area contributed by atoms with Crippen molar-refractivity contribution in [1.29, 1.82) is 0 Å². The molecule has 0 bridgehead atoms. The number of ether oxygens (including phenoxy) is 2. The third-order valence-corrected chi connectivity index (χ3v) is 8.74. The molecule has 0 atom stereocenters. The summed E-state index contributed by atoms with van der Waals surface area (Å²) < 4.78 is 11.3. The van der Waals surface area contributed by atoms with Crippen molar-refractivity contribution in [2.75, 3.05) is 43.1 Å². The number of nitrogens with zero attached hydrogens (tertiary/aromatic N) is 2. The van der Waals surface area contributed by atoms with Gasteiger partial charge in [0.05, 0.1) is 24.6 Å². The van der Waals surface area contributed by atoms with E-state index in [2.05, 4.69) is 51.5 Å². The van der Waals surface area contributed by atoms with Crippen LogP contribution in [0.5, 0.6) is 5.75 Å². The molecule has 43 heavy (non-hydrogen) atoms. The Bertz CT molecular complexity index is 1400. The summed E-state index contributed by atoms with van der Waals surface area (Å²) in [6, 6.07) is 24.5. The zero-order valence-corrected chi connectivity index (χ0v) is 24.8. The van der Waals surface area contributed by atoms with E-state index in [1.165, 1.54) is 0 Å². The molecule has 2 saturated carbocycles. The Morgan fingerprint density at radius 3 is 2.37 bits per heavy atom. The molecule has 3 aliphatic rings. The summed E-state index contributed by atoms with van der Waals surface area (Å²) in [5, 5.41) is 3.11. The summed E-state index contributed by atoms with van der Waals surface area (Å²) >= 11 is 0. The van der Waals surface area contributed by atoms with Crippen molar-refractivity contribution in [2.24, 2.45) is 11.7 Å². The first-order chi connectivity index (χ1) is 21.0. The summed E-state index contributed by atoms with van der Waals surface area (Å²) in [5.74, 6) is 0.916. The van der Waals surface area contributed by atoms with Crippen LogP contribution in [-0.4, -0.2) is 61.7 Å². The van der Waals surface area contributed by atoms with Gasteiger partial charge in [-0.05, 0) is 85.5 Å². The van der Waals surface area contributed by atoms with Crippen LogP contribution in [0.1, 0.15) is 44.1 Å². The van der Waals surface area contributed by atoms with E-state index in [9.17, 15) is 9.59 Å². The van der Waals surface area contributed by atoms with Gasteiger partial charge in [-0.15, -0.1) is 0 Å². The fourth-order valence-corrected chi connectivity index (χ4v) is 6.16. The van der Waals surface area contributed by atoms with Crippen molar-refractivity contribution in [2.45, 2.75) is 57.2 Å². The average Bonchev–Trinajstić information content (AvgIpc) is 3.90.